The summed E-state index contributed by atoms with van der Waals surface area (Å²) in [7, 11) is -4.07. The van der Waals surface area contributed by atoms with Crippen molar-refractivity contribution in [2.45, 2.75) is 50.5 Å². The molecule has 37 heavy (non-hydrogen) atoms. The highest BCUT2D eigenvalue weighted by Gasteiger charge is 2.31. The molecule has 0 aliphatic carbocycles. The highest BCUT2D eigenvalue weighted by molar-refractivity contribution is 7.93. The molecule has 0 bridgehead atoms. The summed E-state index contributed by atoms with van der Waals surface area (Å²) >= 11 is 6.27. The second-order valence-electron chi connectivity index (χ2n) is 8.78. The number of benzene rings is 3. The van der Waals surface area contributed by atoms with Crippen molar-refractivity contribution in [3.8, 4) is 11.8 Å². The summed E-state index contributed by atoms with van der Waals surface area (Å²) in [6, 6.07) is 20.3. The third kappa shape index (κ3) is 7.48. The van der Waals surface area contributed by atoms with Crippen LogP contribution >= 0.6 is 11.6 Å². The van der Waals surface area contributed by atoms with Crippen LogP contribution in [0.25, 0.3) is 0 Å². The first-order valence-corrected chi connectivity index (χ1v) is 13.7. The standard InChI is InChI=1S/C28H29ClN2O5S/c1-20-16-24(18-25(17-20)36-15-14-22-10-12-23(19-30)13-11-22)31(21(2)6-5-9-28(32)33)37(34,35)27-8-4-3-7-26(27)29/h3-4,7-8,10-13,16-18,21H,5-6,9,14-15H2,1-2H3,(H,32,33). The summed E-state index contributed by atoms with van der Waals surface area (Å²) in [5.41, 5.74) is 2.83. The fraction of sp³-hybridized carbons (Fsp3) is 0.286. The molecule has 3 aromatic rings. The van der Waals surface area contributed by atoms with E-state index in [1.165, 1.54) is 16.4 Å². The number of aryl methyl sites for hydroxylation is 1. The van der Waals surface area contributed by atoms with E-state index in [2.05, 4.69) is 6.07 Å². The van der Waals surface area contributed by atoms with E-state index in [1.807, 2.05) is 25.1 Å². The van der Waals surface area contributed by atoms with Gasteiger partial charge in [-0.2, -0.15) is 5.26 Å². The molecule has 0 spiro atoms. The monoisotopic (exact) mass is 540 g/mol. The topological polar surface area (TPSA) is 108 Å². The number of rotatable bonds is 12. The minimum Gasteiger partial charge on any atom is -0.493 e. The normalized spacial score (nSPS) is 11.9. The van der Waals surface area contributed by atoms with Gasteiger partial charge in [0.25, 0.3) is 10.0 Å². The number of aliphatic carboxylic acids is 1. The fourth-order valence-electron chi connectivity index (χ4n) is 4.03. The average molecular weight is 541 g/mol. The van der Waals surface area contributed by atoms with E-state index in [4.69, 9.17) is 26.7 Å². The maximum Gasteiger partial charge on any atom is 0.303 e. The first kappa shape index (κ1) is 28.0. The number of carbonyl (C=O) groups is 1. The zero-order chi connectivity index (χ0) is 27.0. The lowest BCUT2D eigenvalue weighted by atomic mass is 10.1. The molecule has 0 aliphatic rings. The van der Waals surface area contributed by atoms with Crippen molar-refractivity contribution in [3.63, 3.8) is 0 Å². The third-order valence-corrected chi connectivity index (χ3v) is 8.26. The molecule has 0 aliphatic heterocycles. The van der Waals surface area contributed by atoms with Crippen LogP contribution in [0.4, 0.5) is 5.69 Å². The van der Waals surface area contributed by atoms with Gasteiger partial charge in [0.15, 0.2) is 0 Å². The van der Waals surface area contributed by atoms with Gasteiger partial charge < -0.3 is 9.84 Å². The largest absolute Gasteiger partial charge is 0.493 e. The lowest BCUT2D eigenvalue weighted by Crippen LogP contribution is -2.39. The van der Waals surface area contributed by atoms with Gasteiger partial charge in [0, 0.05) is 24.9 Å². The lowest BCUT2D eigenvalue weighted by molar-refractivity contribution is -0.137. The van der Waals surface area contributed by atoms with E-state index in [0.717, 1.165) is 11.1 Å². The minimum atomic E-state index is -4.07. The molecule has 9 heteroatoms. The number of halogens is 1. The molecule has 0 saturated heterocycles. The van der Waals surface area contributed by atoms with Crippen molar-refractivity contribution in [3.05, 3.63) is 88.4 Å². The van der Waals surface area contributed by atoms with Crippen LogP contribution in [0.15, 0.2) is 71.6 Å². The summed E-state index contributed by atoms with van der Waals surface area (Å²) in [6.45, 7) is 3.97. The van der Waals surface area contributed by atoms with Gasteiger partial charge in [-0.3, -0.25) is 9.10 Å². The zero-order valence-corrected chi connectivity index (χ0v) is 22.3. The number of carboxylic acid groups (broad SMARTS) is 1. The van der Waals surface area contributed by atoms with Crippen molar-refractivity contribution in [2.24, 2.45) is 0 Å². The van der Waals surface area contributed by atoms with Crippen LogP contribution in [0.2, 0.25) is 5.02 Å². The Labute approximate surface area is 222 Å². The number of carboxylic acids is 1. The molecule has 3 aromatic carbocycles. The molecule has 0 aromatic heterocycles. The summed E-state index contributed by atoms with van der Waals surface area (Å²) < 4.78 is 34.9. The Balaban J connectivity index is 1.90. The zero-order valence-electron chi connectivity index (χ0n) is 20.7. The summed E-state index contributed by atoms with van der Waals surface area (Å²) in [4.78, 5) is 11.0. The number of anilines is 1. The Bertz CT molecular complexity index is 1380. The molecule has 0 amide bonds. The summed E-state index contributed by atoms with van der Waals surface area (Å²) in [5, 5.41) is 18.1. The molecular weight excluding hydrogens is 512 g/mol. The Hall–Kier alpha value is -3.54. The molecule has 1 unspecified atom stereocenters. The van der Waals surface area contributed by atoms with Crippen LogP contribution in [-0.2, 0) is 21.2 Å². The van der Waals surface area contributed by atoms with E-state index < -0.39 is 22.0 Å². The average Bonchev–Trinajstić information content (AvgIpc) is 2.84. The second-order valence-corrected chi connectivity index (χ2v) is 11.0. The molecule has 3 rings (SSSR count). The van der Waals surface area contributed by atoms with Crippen LogP contribution in [0.5, 0.6) is 5.75 Å². The van der Waals surface area contributed by atoms with Gasteiger partial charge in [-0.15, -0.1) is 0 Å². The summed E-state index contributed by atoms with van der Waals surface area (Å²) in [6.07, 6.45) is 1.23. The van der Waals surface area contributed by atoms with Crippen LogP contribution < -0.4 is 9.04 Å². The molecule has 1 atom stereocenters. The smallest absolute Gasteiger partial charge is 0.303 e. The molecule has 1 N–H and O–H groups in total. The Morgan fingerprint density at radius 1 is 1.14 bits per heavy atom. The predicted molar refractivity (Wildman–Crippen MR) is 144 cm³/mol. The van der Waals surface area contributed by atoms with E-state index in [1.54, 1.807) is 43.3 Å². The van der Waals surface area contributed by atoms with Crippen LogP contribution in [-0.4, -0.2) is 32.1 Å². The number of hydrogen-bond acceptors (Lipinski definition) is 5. The minimum absolute atomic E-state index is 0.0217. The van der Waals surface area contributed by atoms with Gasteiger partial charge >= 0.3 is 5.97 Å². The maximum atomic E-state index is 13.8. The SMILES string of the molecule is Cc1cc(OCCc2ccc(C#N)cc2)cc(N(C(C)CCCC(=O)O)S(=O)(=O)c2ccccc2Cl)c1. The Kier molecular flexibility index (Phi) is 9.56. The number of ether oxygens (including phenoxy) is 1. The van der Waals surface area contributed by atoms with E-state index in [9.17, 15) is 13.2 Å². The van der Waals surface area contributed by atoms with Crippen molar-refractivity contribution in [2.75, 3.05) is 10.9 Å². The Morgan fingerprint density at radius 2 is 1.84 bits per heavy atom. The highest BCUT2D eigenvalue weighted by atomic mass is 35.5. The van der Waals surface area contributed by atoms with Crippen LogP contribution in [0, 0.1) is 18.3 Å². The van der Waals surface area contributed by atoms with Crippen molar-refractivity contribution in [1.29, 1.82) is 5.26 Å². The van der Waals surface area contributed by atoms with Crippen molar-refractivity contribution < 1.29 is 23.1 Å². The lowest BCUT2D eigenvalue weighted by Gasteiger charge is -2.31. The van der Waals surface area contributed by atoms with Gasteiger partial charge in [0.2, 0.25) is 0 Å². The van der Waals surface area contributed by atoms with Gasteiger partial charge in [-0.05, 0) is 74.2 Å². The maximum absolute atomic E-state index is 13.8. The number of nitriles is 1. The molecular formula is C28H29ClN2O5S. The van der Waals surface area contributed by atoms with Gasteiger partial charge in [-0.1, -0.05) is 35.9 Å². The third-order valence-electron chi connectivity index (χ3n) is 5.82. The van der Waals surface area contributed by atoms with Crippen molar-refractivity contribution in [1.82, 2.24) is 0 Å². The summed E-state index contributed by atoms with van der Waals surface area (Å²) in [5.74, 6) is -0.415. The van der Waals surface area contributed by atoms with Gasteiger partial charge in [0.1, 0.15) is 10.6 Å². The second kappa shape index (κ2) is 12.6. The Morgan fingerprint density at radius 3 is 2.49 bits per heavy atom. The van der Waals surface area contributed by atoms with Gasteiger partial charge in [-0.25, -0.2) is 8.42 Å². The van der Waals surface area contributed by atoms with Crippen LogP contribution in [0.1, 0.15) is 42.9 Å². The highest BCUT2D eigenvalue weighted by Crippen LogP contribution is 2.34. The first-order chi connectivity index (χ1) is 17.6. The fourth-order valence-corrected chi connectivity index (χ4v) is 6.19. The van der Waals surface area contributed by atoms with E-state index in [-0.39, 0.29) is 16.3 Å². The van der Waals surface area contributed by atoms with E-state index >= 15 is 0 Å². The van der Waals surface area contributed by atoms with Crippen LogP contribution in [0.3, 0.4) is 0 Å². The molecule has 7 nitrogen and oxygen atoms in total. The first-order valence-electron chi connectivity index (χ1n) is 11.9. The number of nitrogens with zero attached hydrogens (tertiary/aromatic N) is 2. The number of hydrogen-bond donors (Lipinski definition) is 1. The molecule has 0 saturated carbocycles. The van der Waals surface area contributed by atoms with Crippen molar-refractivity contribution >= 4 is 33.3 Å². The van der Waals surface area contributed by atoms with Gasteiger partial charge in [0.05, 0.1) is 28.9 Å². The predicted octanol–water partition coefficient (Wildman–Crippen LogP) is 5.98. The van der Waals surface area contributed by atoms with E-state index in [0.29, 0.717) is 42.9 Å². The number of sulfonamides is 1. The molecule has 194 valence electrons. The quantitative estimate of drug-likeness (QED) is 0.303. The molecule has 0 fully saturated rings. The molecule has 0 heterocycles. The molecule has 0 radical (unpaired) electrons.